The standard InChI is InChI=1S/C12H24O3Si/c1-9-10(11(13)15-9)7-8-14-16(5,6)12(2,3)4/h9-10H,7-8H2,1-6H3/t9-,10+/m0/s1. The number of ether oxygens (including phenoxy) is 1. The van der Waals surface area contributed by atoms with Crippen LogP contribution in [0, 0.1) is 5.92 Å². The van der Waals surface area contributed by atoms with E-state index in [9.17, 15) is 4.79 Å². The Morgan fingerprint density at radius 1 is 1.38 bits per heavy atom. The van der Waals surface area contributed by atoms with E-state index in [1.54, 1.807) is 0 Å². The SMILES string of the molecule is C[C@@H]1OC(=O)[C@@H]1CCO[Si](C)(C)C(C)(C)C. The van der Waals surface area contributed by atoms with E-state index >= 15 is 0 Å². The first-order valence-corrected chi connectivity index (χ1v) is 8.90. The van der Waals surface area contributed by atoms with E-state index in [0.717, 1.165) is 6.42 Å². The monoisotopic (exact) mass is 244 g/mol. The van der Waals surface area contributed by atoms with Crippen LogP contribution in [-0.4, -0.2) is 27.0 Å². The summed E-state index contributed by atoms with van der Waals surface area (Å²) in [4.78, 5) is 11.1. The quantitative estimate of drug-likeness (QED) is 0.563. The molecule has 0 saturated carbocycles. The molecule has 0 bridgehead atoms. The Labute approximate surface area is 99.6 Å². The average Bonchev–Trinajstić information content (AvgIpc) is 2.10. The van der Waals surface area contributed by atoms with Gasteiger partial charge in [0.05, 0.1) is 5.92 Å². The molecule has 1 aliphatic heterocycles. The van der Waals surface area contributed by atoms with Gasteiger partial charge in [0.1, 0.15) is 6.10 Å². The van der Waals surface area contributed by atoms with Crippen LogP contribution >= 0.6 is 0 Å². The number of carbonyl (C=O) groups is 1. The van der Waals surface area contributed by atoms with Gasteiger partial charge >= 0.3 is 5.97 Å². The number of rotatable bonds is 4. The first-order valence-electron chi connectivity index (χ1n) is 5.99. The van der Waals surface area contributed by atoms with Gasteiger partial charge in [-0.05, 0) is 31.5 Å². The van der Waals surface area contributed by atoms with Crippen LogP contribution < -0.4 is 0 Å². The van der Waals surface area contributed by atoms with Crippen molar-refractivity contribution in [3.05, 3.63) is 0 Å². The third-order valence-electron chi connectivity index (χ3n) is 3.87. The fourth-order valence-corrected chi connectivity index (χ4v) is 2.54. The molecule has 3 nitrogen and oxygen atoms in total. The van der Waals surface area contributed by atoms with Gasteiger partial charge in [-0.25, -0.2) is 0 Å². The van der Waals surface area contributed by atoms with Gasteiger partial charge in [-0.3, -0.25) is 4.79 Å². The molecular weight excluding hydrogens is 220 g/mol. The van der Waals surface area contributed by atoms with Gasteiger partial charge in [0.25, 0.3) is 0 Å². The summed E-state index contributed by atoms with van der Waals surface area (Å²) < 4.78 is 10.9. The molecule has 4 heteroatoms. The summed E-state index contributed by atoms with van der Waals surface area (Å²) in [6, 6.07) is 0. The van der Waals surface area contributed by atoms with E-state index in [1.165, 1.54) is 0 Å². The maximum absolute atomic E-state index is 11.1. The Bertz CT molecular complexity index is 268. The summed E-state index contributed by atoms with van der Waals surface area (Å²) in [5.41, 5.74) is 0. The zero-order chi connectivity index (χ0) is 12.6. The Balaban J connectivity index is 2.33. The highest BCUT2D eigenvalue weighted by atomic mass is 28.4. The van der Waals surface area contributed by atoms with E-state index in [2.05, 4.69) is 33.9 Å². The Hall–Kier alpha value is -0.353. The van der Waals surface area contributed by atoms with Crippen LogP contribution in [-0.2, 0) is 14.0 Å². The molecule has 0 spiro atoms. The van der Waals surface area contributed by atoms with Gasteiger partial charge in [0, 0.05) is 6.61 Å². The molecule has 1 aliphatic rings. The molecule has 0 aromatic rings. The van der Waals surface area contributed by atoms with Crippen LogP contribution in [0.3, 0.4) is 0 Å². The summed E-state index contributed by atoms with van der Waals surface area (Å²) in [6.07, 6.45) is 0.877. The second-order valence-electron chi connectivity index (χ2n) is 6.15. The van der Waals surface area contributed by atoms with Gasteiger partial charge in [0.2, 0.25) is 0 Å². The van der Waals surface area contributed by atoms with E-state index in [4.69, 9.17) is 9.16 Å². The molecule has 0 N–H and O–H groups in total. The van der Waals surface area contributed by atoms with Gasteiger partial charge in [0.15, 0.2) is 8.32 Å². The first kappa shape index (κ1) is 13.7. The van der Waals surface area contributed by atoms with Crippen molar-refractivity contribution in [1.29, 1.82) is 0 Å². The van der Waals surface area contributed by atoms with Crippen molar-refractivity contribution in [3.8, 4) is 0 Å². The topological polar surface area (TPSA) is 35.5 Å². The van der Waals surface area contributed by atoms with Crippen molar-refractivity contribution >= 4 is 14.3 Å². The Morgan fingerprint density at radius 2 is 1.94 bits per heavy atom. The van der Waals surface area contributed by atoms with Crippen LogP contribution in [0.4, 0.5) is 0 Å². The molecule has 94 valence electrons. The zero-order valence-corrected chi connectivity index (χ0v) is 12.3. The number of cyclic esters (lactones) is 1. The summed E-state index contributed by atoms with van der Waals surface area (Å²) in [7, 11) is -1.66. The van der Waals surface area contributed by atoms with Gasteiger partial charge in [-0.2, -0.15) is 0 Å². The summed E-state index contributed by atoms with van der Waals surface area (Å²) in [5.74, 6) is -0.00361. The largest absolute Gasteiger partial charge is 0.461 e. The lowest BCUT2D eigenvalue weighted by Gasteiger charge is -2.38. The second kappa shape index (κ2) is 4.49. The van der Waals surface area contributed by atoms with E-state index in [-0.39, 0.29) is 23.0 Å². The molecular formula is C12H24O3Si. The predicted molar refractivity (Wildman–Crippen MR) is 66.8 cm³/mol. The van der Waals surface area contributed by atoms with Crippen molar-refractivity contribution < 1.29 is 14.0 Å². The zero-order valence-electron chi connectivity index (χ0n) is 11.3. The lowest BCUT2D eigenvalue weighted by atomic mass is 9.95. The van der Waals surface area contributed by atoms with E-state index in [1.807, 2.05) is 6.92 Å². The molecule has 1 saturated heterocycles. The number of hydrogen-bond donors (Lipinski definition) is 0. The Morgan fingerprint density at radius 3 is 2.31 bits per heavy atom. The number of carbonyl (C=O) groups excluding carboxylic acids is 1. The lowest BCUT2D eigenvalue weighted by molar-refractivity contribution is -0.183. The summed E-state index contributed by atoms with van der Waals surface area (Å²) in [5, 5.41) is 0.235. The normalized spacial score (nSPS) is 26.2. The van der Waals surface area contributed by atoms with Gasteiger partial charge in [-0.15, -0.1) is 0 Å². The van der Waals surface area contributed by atoms with Gasteiger partial charge < -0.3 is 9.16 Å². The van der Waals surface area contributed by atoms with Crippen molar-refractivity contribution in [2.24, 2.45) is 5.92 Å². The van der Waals surface area contributed by atoms with Crippen LogP contribution in [0.1, 0.15) is 34.1 Å². The summed E-state index contributed by atoms with van der Waals surface area (Å²) >= 11 is 0. The molecule has 0 aliphatic carbocycles. The average molecular weight is 244 g/mol. The predicted octanol–water partition coefficient (Wildman–Crippen LogP) is 2.96. The van der Waals surface area contributed by atoms with Crippen molar-refractivity contribution in [2.45, 2.75) is 58.4 Å². The first-order chi connectivity index (χ1) is 7.15. The second-order valence-corrected chi connectivity index (χ2v) is 11.0. The molecule has 0 radical (unpaired) electrons. The third kappa shape index (κ3) is 2.86. The minimum atomic E-state index is -1.66. The minimum Gasteiger partial charge on any atom is -0.461 e. The Kier molecular flexibility index (Phi) is 3.85. The molecule has 0 amide bonds. The molecule has 1 rings (SSSR count). The highest BCUT2D eigenvalue weighted by molar-refractivity contribution is 6.74. The van der Waals surface area contributed by atoms with E-state index in [0.29, 0.717) is 6.61 Å². The molecule has 0 aromatic heterocycles. The number of esters is 1. The third-order valence-corrected chi connectivity index (χ3v) is 8.41. The van der Waals surface area contributed by atoms with Crippen LogP contribution in [0.15, 0.2) is 0 Å². The molecule has 0 unspecified atom stereocenters. The highest BCUT2D eigenvalue weighted by Gasteiger charge is 2.40. The molecule has 16 heavy (non-hydrogen) atoms. The maximum Gasteiger partial charge on any atom is 0.313 e. The summed E-state index contributed by atoms with van der Waals surface area (Å²) in [6.45, 7) is 13.8. The van der Waals surface area contributed by atoms with Crippen molar-refractivity contribution in [3.63, 3.8) is 0 Å². The molecule has 1 fully saturated rings. The smallest absolute Gasteiger partial charge is 0.313 e. The highest BCUT2D eigenvalue weighted by Crippen LogP contribution is 2.37. The minimum absolute atomic E-state index is 0.0600. The maximum atomic E-state index is 11.1. The van der Waals surface area contributed by atoms with Crippen molar-refractivity contribution in [1.82, 2.24) is 0 Å². The molecule has 1 heterocycles. The number of hydrogen-bond acceptors (Lipinski definition) is 3. The van der Waals surface area contributed by atoms with Crippen LogP contribution in [0.2, 0.25) is 18.1 Å². The fraction of sp³-hybridized carbons (Fsp3) is 0.917. The fourth-order valence-electron chi connectivity index (χ4n) is 1.48. The van der Waals surface area contributed by atoms with Crippen LogP contribution in [0.25, 0.3) is 0 Å². The molecule has 0 aromatic carbocycles. The van der Waals surface area contributed by atoms with E-state index < -0.39 is 8.32 Å². The van der Waals surface area contributed by atoms with Crippen molar-refractivity contribution in [2.75, 3.05) is 6.61 Å². The lowest BCUT2D eigenvalue weighted by Crippen LogP contribution is -2.45. The van der Waals surface area contributed by atoms with Crippen LogP contribution in [0.5, 0.6) is 0 Å². The molecule has 2 atom stereocenters. The van der Waals surface area contributed by atoms with Gasteiger partial charge in [-0.1, -0.05) is 20.8 Å².